The highest BCUT2D eigenvalue weighted by molar-refractivity contribution is 4.73. The number of methoxy groups -OCH3 is 1. The standard InChI is InChI=1S/C9H19NO.C4H10O2/c1-7(2)10-6-9-5-4-8(3)11-9;1-4(2,5)6-3/h7-10H,4-6H2,1-3H3;5H,1-3H3. The molecular weight excluding hydrogens is 218 g/mol. The van der Waals surface area contributed by atoms with E-state index in [1.165, 1.54) is 20.0 Å². The Labute approximate surface area is 106 Å². The maximum Gasteiger partial charge on any atom is 0.159 e. The molecule has 2 N–H and O–H groups in total. The summed E-state index contributed by atoms with van der Waals surface area (Å²) < 4.78 is 10.1. The maximum atomic E-state index is 8.60. The van der Waals surface area contributed by atoms with Crippen LogP contribution in [0.1, 0.15) is 47.5 Å². The highest BCUT2D eigenvalue weighted by Crippen LogP contribution is 2.18. The lowest BCUT2D eigenvalue weighted by molar-refractivity contribution is -0.155. The van der Waals surface area contributed by atoms with Gasteiger partial charge in [0, 0.05) is 19.7 Å². The van der Waals surface area contributed by atoms with Crippen molar-refractivity contribution >= 4 is 0 Å². The molecule has 1 rings (SSSR count). The van der Waals surface area contributed by atoms with Crippen molar-refractivity contribution in [3.63, 3.8) is 0 Å². The second-order valence-corrected chi connectivity index (χ2v) is 5.36. The number of hydrogen-bond donors (Lipinski definition) is 2. The highest BCUT2D eigenvalue weighted by atomic mass is 16.6. The summed E-state index contributed by atoms with van der Waals surface area (Å²) in [5, 5.41) is 12.0. The van der Waals surface area contributed by atoms with Gasteiger partial charge in [-0.2, -0.15) is 0 Å². The van der Waals surface area contributed by atoms with Gasteiger partial charge in [0.2, 0.25) is 0 Å². The molecule has 4 heteroatoms. The van der Waals surface area contributed by atoms with Crippen LogP contribution in [0.25, 0.3) is 0 Å². The molecule has 0 spiro atoms. The van der Waals surface area contributed by atoms with Crippen LogP contribution in [0.2, 0.25) is 0 Å². The summed E-state index contributed by atoms with van der Waals surface area (Å²) in [6.07, 6.45) is 3.40. The average Bonchev–Trinajstić information content (AvgIpc) is 2.61. The zero-order valence-corrected chi connectivity index (χ0v) is 12.1. The molecule has 2 atom stereocenters. The third kappa shape index (κ3) is 10.7. The molecule has 0 aromatic rings. The van der Waals surface area contributed by atoms with Gasteiger partial charge in [0.05, 0.1) is 12.2 Å². The lowest BCUT2D eigenvalue weighted by Crippen LogP contribution is -2.31. The Bertz CT molecular complexity index is 190. The van der Waals surface area contributed by atoms with Crippen LogP contribution in [-0.2, 0) is 9.47 Å². The molecular formula is C13H29NO3. The van der Waals surface area contributed by atoms with E-state index in [-0.39, 0.29) is 0 Å². The van der Waals surface area contributed by atoms with E-state index >= 15 is 0 Å². The van der Waals surface area contributed by atoms with Gasteiger partial charge in [0.1, 0.15) is 0 Å². The SMILES string of the molecule is CC(C)NCC1CCC(C)O1.COC(C)(C)O. The summed E-state index contributed by atoms with van der Waals surface area (Å²) in [7, 11) is 1.46. The molecule has 0 bridgehead atoms. The first kappa shape index (κ1) is 16.8. The molecule has 1 fully saturated rings. The van der Waals surface area contributed by atoms with Crippen LogP contribution < -0.4 is 5.32 Å². The predicted octanol–water partition coefficient (Wildman–Crippen LogP) is 1.91. The second-order valence-electron chi connectivity index (χ2n) is 5.36. The van der Waals surface area contributed by atoms with Gasteiger partial charge in [-0.3, -0.25) is 0 Å². The van der Waals surface area contributed by atoms with E-state index < -0.39 is 5.79 Å². The molecule has 0 radical (unpaired) electrons. The van der Waals surface area contributed by atoms with Crippen molar-refractivity contribution in [2.45, 2.75) is 71.5 Å². The summed E-state index contributed by atoms with van der Waals surface area (Å²) >= 11 is 0. The van der Waals surface area contributed by atoms with Crippen molar-refractivity contribution < 1.29 is 14.6 Å². The van der Waals surface area contributed by atoms with Crippen molar-refractivity contribution in [1.29, 1.82) is 0 Å². The zero-order chi connectivity index (χ0) is 13.5. The van der Waals surface area contributed by atoms with Gasteiger partial charge in [0.25, 0.3) is 0 Å². The molecule has 4 nitrogen and oxygen atoms in total. The Morgan fingerprint density at radius 3 is 2.24 bits per heavy atom. The normalized spacial score (nSPS) is 24.7. The largest absolute Gasteiger partial charge is 0.374 e. The number of aliphatic hydroxyl groups is 1. The fraction of sp³-hybridized carbons (Fsp3) is 1.00. The fourth-order valence-electron chi connectivity index (χ4n) is 1.40. The Morgan fingerprint density at radius 1 is 1.41 bits per heavy atom. The second kappa shape index (κ2) is 8.03. The van der Waals surface area contributed by atoms with Crippen LogP contribution in [0.15, 0.2) is 0 Å². The first-order valence-electron chi connectivity index (χ1n) is 6.41. The number of rotatable bonds is 4. The van der Waals surface area contributed by atoms with Crippen molar-refractivity contribution in [3.8, 4) is 0 Å². The van der Waals surface area contributed by atoms with Crippen LogP contribution in [0.5, 0.6) is 0 Å². The Hall–Kier alpha value is -0.160. The number of nitrogens with one attached hydrogen (secondary N) is 1. The molecule has 104 valence electrons. The average molecular weight is 247 g/mol. The van der Waals surface area contributed by atoms with Gasteiger partial charge in [-0.15, -0.1) is 0 Å². The molecule has 1 heterocycles. The van der Waals surface area contributed by atoms with E-state index in [0.717, 1.165) is 6.54 Å². The van der Waals surface area contributed by atoms with Gasteiger partial charge in [0.15, 0.2) is 5.79 Å². The van der Waals surface area contributed by atoms with Gasteiger partial charge in [-0.25, -0.2) is 0 Å². The van der Waals surface area contributed by atoms with E-state index in [1.54, 1.807) is 13.8 Å². The summed E-state index contributed by atoms with van der Waals surface area (Å²) in [6, 6.07) is 0.578. The quantitative estimate of drug-likeness (QED) is 0.745. The molecule has 17 heavy (non-hydrogen) atoms. The van der Waals surface area contributed by atoms with E-state index in [2.05, 4.69) is 30.8 Å². The number of ether oxygens (including phenoxy) is 2. The minimum atomic E-state index is -0.958. The smallest absolute Gasteiger partial charge is 0.159 e. The molecule has 0 amide bonds. The van der Waals surface area contributed by atoms with E-state index in [9.17, 15) is 0 Å². The van der Waals surface area contributed by atoms with E-state index in [0.29, 0.717) is 18.2 Å². The maximum absolute atomic E-state index is 8.60. The summed E-state index contributed by atoms with van der Waals surface area (Å²) in [5.74, 6) is -0.958. The number of hydrogen-bond acceptors (Lipinski definition) is 4. The Kier molecular flexibility index (Phi) is 7.96. The molecule has 2 unspecified atom stereocenters. The van der Waals surface area contributed by atoms with Gasteiger partial charge in [-0.1, -0.05) is 13.8 Å². The van der Waals surface area contributed by atoms with Gasteiger partial charge < -0.3 is 19.9 Å². The molecule has 0 saturated carbocycles. The van der Waals surface area contributed by atoms with Crippen LogP contribution in [0, 0.1) is 0 Å². The van der Waals surface area contributed by atoms with Crippen molar-refractivity contribution in [2.24, 2.45) is 0 Å². The van der Waals surface area contributed by atoms with E-state index in [1.807, 2.05) is 0 Å². The summed E-state index contributed by atoms with van der Waals surface area (Å²) in [5.41, 5.74) is 0. The topological polar surface area (TPSA) is 50.7 Å². The van der Waals surface area contributed by atoms with Crippen LogP contribution in [0.3, 0.4) is 0 Å². The first-order valence-corrected chi connectivity index (χ1v) is 6.41. The molecule has 1 saturated heterocycles. The molecule has 1 aliphatic rings. The third-order valence-corrected chi connectivity index (χ3v) is 2.57. The summed E-state index contributed by atoms with van der Waals surface area (Å²) in [4.78, 5) is 0. The van der Waals surface area contributed by atoms with Crippen LogP contribution in [0.4, 0.5) is 0 Å². The van der Waals surface area contributed by atoms with E-state index in [4.69, 9.17) is 9.84 Å². The molecule has 0 aromatic carbocycles. The minimum Gasteiger partial charge on any atom is -0.374 e. The Balaban J connectivity index is 0.000000366. The fourth-order valence-corrected chi connectivity index (χ4v) is 1.40. The summed E-state index contributed by atoms with van der Waals surface area (Å²) in [6.45, 7) is 10.6. The minimum absolute atomic E-state index is 0.465. The predicted molar refractivity (Wildman–Crippen MR) is 70.0 cm³/mol. The van der Waals surface area contributed by atoms with Crippen molar-refractivity contribution in [3.05, 3.63) is 0 Å². The lowest BCUT2D eigenvalue weighted by Gasteiger charge is -2.13. The van der Waals surface area contributed by atoms with Crippen molar-refractivity contribution in [2.75, 3.05) is 13.7 Å². The lowest BCUT2D eigenvalue weighted by atomic mass is 10.2. The van der Waals surface area contributed by atoms with Gasteiger partial charge >= 0.3 is 0 Å². The first-order chi connectivity index (χ1) is 7.74. The molecule has 0 aliphatic carbocycles. The van der Waals surface area contributed by atoms with Gasteiger partial charge in [-0.05, 0) is 33.6 Å². The van der Waals surface area contributed by atoms with Crippen molar-refractivity contribution in [1.82, 2.24) is 5.32 Å². The third-order valence-electron chi connectivity index (χ3n) is 2.57. The monoisotopic (exact) mass is 247 g/mol. The van der Waals surface area contributed by atoms with Crippen LogP contribution in [-0.4, -0.2) is 42.8 Å². The highest BCUT2D eigenvalue weighted by Gasteiger charge is 2.21. The zero-order valence-electron chi connectivity index (χ0n) is 12.1. The molecule has 0 aromatic heterocycles. The van der Waals surface area contributed by atoms with Crippen LogP contribution >= 0.6 is 0 Å². The Morgan fingerprint density at radius 2 is 1.94 bits per heavy atom. The molecule has 1 aliphatic heterocycles.